The molecule has 2 aliphatic rings. The predicted octanol–water partition coefficient (Wildman–Crippen LogP) is 2.23. The van der Waals surface area contributed by atoms with E-state index in [2.05, 4.69) is 0 Å². The third-order valence-corrected chi connectivity index (χ3v) is 3.79. The lowest BCUT2D eigenvalue weighted by Crippen LogP contribution is -2.41. The van der Waals surface area contributed by atoms with E-state index in [1.807, 2.05) is 32.0 Å². The molecule has 1 fully saturated rings. The number of hydrogen-bond donors (Lipinski definition) is 1. The third-order valence-electron chi connectivity index (χ3n) is 3.79. The fourth-order valence-corrected chi connectivity index (χ4v) is 3.10. The van der Waals surface area contributed by atoms with Crippen LogP contribution in [0.25, 0.3) is 0 Å². The third kappa shape index (κ3) is 2.42. The summed E-state index contributed by atoms with van der Waals surface area (Å²) in [5.41, 5.74) is 0.0474. The Morgan fingerprint density at radius 3 is 2.37 bits per heavy atom. The molecule has 1 saturated heterocycles. The van der Waals surface area contributed by atoms with Crippen LogP contribution in [-0.2, 0) is 10.3 Å². The van der Waals surface area contributed by atoms with Crippen LogP contribution < -0.4 is 9.47 Å². The summed E-state index contributed by atoms with van der Waals surface area (Å²) in [5, 5.41) is 10.9. The zero-order valence-electron chi connectivity index (χ0n) is 11.4. The summed E-state index contributed by atoms with van der Waals surface area (Å²) < 4.78 is 16.8. The van der Waals surface area contributed by atoms with E-state index in [1.54, 1.807) is 0 Å². The monoisotopic (exact) mass is 264 g/mol. The molecule has 2 atom stereocenters. The maximum atomic E-state index is 10.9. The van der Waals surface area contributed by atoms with Crippen molar-refractivity contribution in [3.05, 3.63) is 23.8 Å². The van der Waals surface area contributed by atoms with Crippen molar-refractivity contribution >= 4 is 0 Å². The molecule has 0 aliphatic carbocycles. The molecular formula is C15H20O4. The smallest absolute Gasteiger partial charge is 0.161 e. The minimum atomic E-state index is -0.840. The van der Waals surface area contributed by atoms with Crippen LogP contribution in [0.15, 0.2) is 18.2 Å². The van der Waals surface area contributed by atoms with Gasteiger partial charge in [-0.25, -0.2) is 0 Å². The van der Waals surface area contributed by atoms with Gasteiger partial charge >= 0.3 is 0 Å². The van der Waals surface area contributed by atoms with Gasteiger partial charge < -0.3 is 19.3 Å². The van der Waals surface area contributed by atoms with Crippen molar-refractivity contribution in [3.63, 3.8) is 0 Å². The first-order chi connectivity index (χ1) is 9.07. The van der Waals surface area contributed by atoms with E-state index in [-0.39, 0.29) is 12.2 Å². The topological polar surface area (TPSA) is 47.9 Å². The highest BCUT2D eigenvalue weighted by molar-refractivity contribution is 5.45. The highest BCUT2D eigenvalue weighted by atomic mass is 16.6. The van der Waals surface area contributed by atoms with Crippen molar-refractivity contribution < 1.29 is 19.3 Å². The molecule has 0 radical (unpaired) electrons. The van der Waals surface area contributed by atoms with Gasteiger partial charge in [-0.3, -0.25) is 0 Å². The Kier molecular flexibility index (Phi) is 3.15. The van der Waals surface area contributed by atoms with Crippen molar-refractivity contribution in [1.82, 2.24) is 0 Å². The van der Waals surface area contributed by atoms with E-state index < -0.39 is 5.60 Å². The van der Waals surface area contributed by atoms with Crippen LogP contribution in [0, 0.1) is 0 Å². The first kappa shape index (κ1) is 12.8. The lowest BCUT2D eigenvalue weighted by Gasteiger charge is -2.39. The maximum absolute atomic E-state index is 10.9. The summed E-state index contributed by atoms with van der Waals surface area (Å²) in [6, 6.07) is 5.71. The van der Waals surface area contributed by atoms with E-state index in [1.165, 1.54) is 0 Å². The van der Waals surface area contributed by atoms with Gasteiger partial charge in [-0.2, -0.15) is 0 Å². The Bertz CT molecular complexity index is 461. The molecule has 0 spiro atoms. The summed E-state index contributed by atoms with van der Waals surface area (Å²) in [6.45, 7) is 5.14. The van der Waals surface area contributed by atoms with Gasteiger partial charge in [0, 0.05) is 12.8 Å². The zero-order valence-corrected chi connectivity index (χ0v) is 11.4. The van der Waals surface area contributed by atoms with Crippen LogP contribution >= 0.6 is 0 Å². The number of fused-ring (bicyclic) bond motifs is 1. The number of hydrogen-bond acceptors (Lipinski definition) is 4. The van der Waals surface area contributed by atoms with Crippen LogP contribution in [-0.4, -0.2) is 30.5 Å². The molecule has 1 aromatic carbocycles. The van der Waals surface area contributed by atoms with Gasteiger partial charge in [-0.15, -0.1) is 0 Å². The first-order valence-electron chi connectivity index (χ1n) is 6.85. The molecule has 0 bridgehead atoms. The van der Waals surface area contributed by atoms with Crippen molar-refractivity contribution in [1.29, 1.82) is 0 Å². The lowest BCUT2D eigenvalue weighted by molar-refractivity contribution is -0.135. The second-order valence-corrected chi connectivity index (χ2v) is 5.56. The Labute approximate surface area is 113 Å². The molecule has 19 heavy (non-hydrogen) atoms. The SMILES string of the molecule is CC1CC(O)(c2ccc3c(c2)OCCO3)CC(C)O1. The van der Waals surface area contributed by atoms with Gasteiger partial charge in [0.2, 0.25) is 0 Å². The second-order valence-electron chi connectivity index (χ2n) is 5.56. The Morgan fingerprint density at radius 2 is 1.68 bits per heavy atom. The molecule has 2 aliphatic heterocycles. The van der Waals surface area contributed by atoms with Crippen molar-refractivity contribution in [2.45, 2.75) is 44.5 Å². The van der Waals surface area contributed by atoms with E-state index in [0.29, 0.717) is 26.1 Å². The number of aliphatic hydroxyl groups is 1. The summed E-state index contributed by atoms with van der Waals surface area (Å²) in [5.74, 6) is 1.48. The molecule has 3 rings (SSSR count). The number of ether oxygens (including phenoxy) is 3. The summed E-state index contributed by atoms with van der Waals surface area (Å²) in [7, 11) is 0. The lowest BCUT2D eigenvalue weighted by atomic mass is 9.81. The van der Waals surface area contributed by atoms with Gasteiger partial charge in [0.05, 0.1) is 17.8 Å². The molecule has 0 saturated carbocycles. The minimum Gasteiger partial charge on any atom is -0.486 e. The molecule has 1 aromatic rings. The van der Waals surface area contributed by atoms with Gasteiger partial charge in [0.1, 0.15) is 13.2 Å². The van der Waals surface area contributed by atoms with Crippen LogP contribution in [0.1, 0.15) is 32.3 Å². The Hall–Kier alpha value is -1.26. The van der Waals surface area contributed by atoms with Crippen LogP contribution in [0.4, 0.5) is 0 Å². The normalized spacial score (nSPS) is 34.1. The summed E-state index contributed by atoms with van der Waals surface area (Å²) >= 11 is 0. The molecule has 104 valence electrons. The fraction of sp³-hybridized carbons (Fsp3) is 0.600. The maximum Gasteiger partial charge on any atom is 0.161 e. The van der Waals surface area contributed by atoms with E-state index in [9.17, 15) is 5.11 Å². The molecule has 1 N–H and O–H groups in total. The van der Waals surface area contributed by atoms with E-state index >= 15 is 0 Å². The molecule has 2 unspecified atom stereocenters. The fourth-order valence-electron chi connectivity index (χ4n) is 3.10. The highest BCUT2D eigenvalue weighted by Gasteiger charge is 2.38. The summed E-state index contributed by atoms with van der Waals surface area (Å²) in [4.78, 5) is 0. The van der Waals surface area contributed by atoms with Gasteiger partial charge in [-0.1, -0.05) is 6.07 Å². The van der Waals surface area contributed by atoms with Crippen molar-refractivity contribution in [2.24, 2.45) is 0 Å². The zero-order chi connectivity index (χ0) is 13.5. The predicted molar refractivity (Wildman–Crippen MR) is 70.6 cm³/mol. The van der Waals surface area contributed by atoms with E-state index in [4.69, 9.17) is 14.2 Å². The van der Waals surface area contributed by atoms with Crippen LogP contribution in [0.3, 0.4) is 0 Å². The minimum absolute atomic E-state index is 0.0574. The standard InChI is InChI=1S/C15H20O4/c1-10-8-15(16,9-11(2)19-10)12-3-4-13-14(7-12)18-6-5-17-13/h3-4,7,10-11,16H,5-6,8-9H2,1-2H3. The van der Waals surface area contributed by atoms with E-state index in [0.717, 1.165) is 17.1 Å². The number of rotatable bonds is 1. The van der Waals surface area contributed by atoms with Gasteiger partial charge in [-0.05, 0) is 31.5 Å². The average Bonchev–Trinajstić information content (AvgIpc) is 2.36. The molecule has 2 heterocycles. The second kappa shape index (κ2) is 4.69. The van der Waals surface area contributed by atoms with Crippen molar-refractivity contribution in [2.75, 3.05) is 13.2 Å². The molecular weight excluding hydrogens is 244 g/mol. The highest BCUT2D eigenvalue weighted by Crippen LogP contribution is 2.41. The largest absolute Gasteiger partial charge is 0.486 e. The average molecular weight is 264 g/mol. The van der Waals surface area contributed by atoms with Gasteiger partial charge in [0.25, 0.3) is 0 Å². The quantitative estimate of drug-likeness (QED) is 0.845. The summed E-state index contributed by atoms with van der Waals surface area (Å²) in [6.07, 6.45) is 1.33. The van der Waals surface area contributed by atoms with Crippen LogP contribution in [0.2, 0.25) is 0 Å². The molecule has 4 nitrogen and oxygen atoms in total. The Balaban J connectivity index is 1.92. The molecule has 4 heteroatoms. The van der Waals surface area contributed by atoms with Gasteiger partial charge in [0.15, 0.2) is 11.5 Å². The van der Waals surface area contributed by atoms with Crippen molar-refractivity contribution in [3.8, 4) is 11.5 Å². The molecule has 0 aromatic heterocycles. The number of benzene rings is 1. The Morgan fingerprint density at radius 1 is 1.05 bits per heavy atom. The first-order valence-corrected chi connectivity index (χ1v) is 6.85. The molecule has 0 amide bonds. The van der Waals surface area contributed by atoms with Crippen LogP contribution in [0.5, 0.6) is 11.5 Å².